The summed E-state index contributed by atoms with van der Waals surface area (Å²) in [6.45, 7) is 2.40. The zero-order valence-corrected chi connectivity index (χ0v) is 16.6. The van der Waals surface area contributed by atoms with Gasteiger partial charge in [-0.1, -0.05) is 36.4 Å². The normalized spacial score (nSPS) is 19.2. The van der Waals surface area contributed by atoms with Gasteiger partial charge in [-0.2, -0.15) is 5.26 Å². The van der Waals surface area contributed by atoms with Crippen LogP contribution in [0.15, 0.2) is 42.5 Å². The lowest BCUT2D eigenvalue weighted by Crippen LogP contribution is -2.46. The summed E-state index contributed by atoms with van der Waals surface area (Å²) >= 11 is 0. The first-order valence-corrected chi connectivity index (χ1v) is 10.2. The molecule has 30 heavy (non-hydrogen) atoms. The Morgan fingerprint density at radius 2 is 2.03 bits per heavy atom. The fourth-order valence-corrected chi connectivity index (χ4v) is 3.74. The third-order valence-corrected chi connectivity index (χ3v) is 5.43. The van der Waals surface area contributed by atoms with Crippen LogP contribution in [0.1, 0.15) is 27.9 Å². The lowest BCUT2D eigenvalue weighted by Gasteiger charge is -2.18. The van der Waals surface area contributed by atoms with E-state index in [0.29, 0.717) is 26.1 Å². The Hall–Kier alpha value is -3.21. The van der Waals surface area contributed by atoms with E-state index in [1.54, 1.807) is 0 Å². The number of nitrogens with zero attached hydrogens (tertiary/aromatic N) is 1. The number of hydrogen-bond donors (Lipinski definition) is 3. The molecular weight excluding hydrogens is 380 g/mol. The van der Waals surface area contributed by atoms with Gasteiger partial charge in [0.05, 0.1) is 6.07 Å². The van der Waals surface area contributed by atoms with Crippen LogP contribution in [0, 0.1) is 11.3 Å². The number of nitrogens with one attached hydrogen (secondary N) is 3. The van der Waals surface area contributed by atoms with Gasteiger partial charge in [-0.15, -0.1) is 0 Å². The number of carbonyl (C=O) groups excluding carboxylic acids is 2. The Balaban J connectivity index is 1.40. The van der Waals surface area contributed by atoms with Crippen molar-refractivity contribution >= 4 is 11.8 Å². The minimum atomic E-state index is -0.626. The number of hydrogen-bond acceptors (Lipinski definition) is 5. The third kappa shape index (κ3) is 4.51. The van der Waals surface area contributed by atoms with E-state index in [0.717, 1.165) is 40.8 Å². The Morgan fingerprint density at radius 1 is 1.23 bits per heavy atom. The van der Waals surface area contributed by atoms with Crippen LogP contribution in [0.3, 0.4) is 0 Å². The van der Waals surface area contributed by atoms with Gasteiger partial charge in [0.15, 0.2) is 0 Å². The third-order valence-electron chi connectivity index (χ3n) is 5.43. The van der Waals surface area contributed by atoms with Crippen LogP contribution in [0.2, 0.25) is 0 Å². The lowest BCUT2D eigenvalue weighted by molar-refractivity contribution is -0.132. The molecule has 0 saturated carbocycles. The van der Waals surface area contributed by atoms with Crippen molar-refractivity contribution in [1.29, 1.82) is 5.26 Å². The Bertz CT molecular complexity index is 973. The number of fused-ring (bicyclic) bond motifs is 1. The quantitative estimate of drug-likeness (QED) is 0.701. The monoisotopic (exact) mass is 404 g/mol. The largest absolute Gasteiger partial charge is 0.367 e. The van der Waals surface area contributed by atoms with Crippen LogP contribution in [0.25, 0.3) is 11.1 Å². The number of amides is 2. The molecule has 0 bridgehead atoms. The molecule has 7 nitrogen and oxygen atoms in total. The van der Waals surface area contributed by atoms with Crippen LogP contribution in [-0.4, -0.2) is 43.7 Å². The number of ether oxygens (including phenoxy) is 1. The highest BCUT2D eigenvalue weighted by molar-refractivity contribution is 5.99. The average molecular weight is 404 g/mol. The maximum absolute atomic E-state index is 12.4. The van der Waals surface area contributed by atoms with Gasteiger partial charge < -0.3 is 20.7 Å². The molecule has 0 aliphatic carbocycles. The molecule has 0 aromatic heterocycles. The molecule has 1 saturated heterocycles. The van der Waals surface area contributed by atoms with Gasteiger partial charge in [-0.25, -0.2) is 0 Å². The summed E-state index contributed by atoms with van der Waals surface area (Å²) in [6, 6.07) is 15.3. The Morgan fingerprint density at radius 3 is 2.83 bits per heavy atom. The summed E-state index contributed by atoms with van der Waals surface area (Å²) in [5.74, 6) is -0.298. The molecule has 7 heteroatoms. The summed E-state index contributed by atoms with van der Waals surface area (Å²) < 4.78 is 5.55. The Kier molecular flexibility index (Phi) is 6.07. The van der Waals surface area contributed by atoms with E-state index in [9.17, 15) is 14.9 Å². The molecule has 2 aromatic rings. The maximum atomic E-state index is 12.4. The number of benzene rings is 2. The molecule has 2 atom stereocenters. The van der Waals surface area contributed by atoms with E-state index in [4.69, 9.17) is 4.74 Å². The zero-order chi connectivity index (χ0) is 20.9. The van der Waals surface area contributed by atoms with E-state index in [1.165, 1.54) is 0 Å². The van der Waals surface area contributed by atoms with Crippen LogP contribution in [-0.2, 0) is 22.5 Å². The molecule has 1 fully saturated rings. The first-order chi connectivity index (χ1) is 14.6. The molecule has 2 amide bonds. The van der Waals surface area contributed by atoms with Crippen molar-refractivity contribution < 1.29 is 14.3 Å². The first kappa shape index (κ1) is 20.1. The second-order valence-corrected chi connectivity index (χ2v) is 7.56. The van der Waals surface area contributed by atoms with E-state index in [-0.39, 0.29) is 11.8 Å². The molecule has 2 aliphatic heterocycles. The van der Waals surface area contributed by atoms with Crippen molar-refractivity contribution in [3.63, 3.8) is 0 Å². The van der Waals surface area contributed by atoms with Crippen molar-refractivity contribution in [2.75, 3.05) is 19.7 Å². The molecular formula is C23H24N4O3. The van der Waals surface area contributed by atoms with Crippen molar-refractivity contribution in [3.8, 4) is 17.2 Å². The van der Waals surface area contributed by atoms with Gasteiger partial charge in [0.1, 0.15) is 12.1 Å². The maximum Gasteiger partial charge on any atom is 0.251 e. The fourth-order valence-electron chi connectivity index (χ4n) is 3.74. The second-order valence-electron chi connectivity index (χ2n) is 7.56. The van der Waals surface area contributed by atoms with Crippen LogP contribution >= 0.6 is 0 Å². The van der Waals surface area contributed by atoms with E-state index in [1.807, 2.05) is 42.5 Å². The van der Waals surface area contributed by atoms with E-state index in [2.05, 4.69) is 22.0 Å². The van der Waals surface area contributed by atoms with Crippen LogP contribution < -0.4 is 16.0 Å². The van der Waals surface area contributed by atoms with Gasteiger partial charge in [0, 0.05) is 31.7 Å². The molecule has 2 aromatic carbocycles. The molecule has 3 N–H and O–H groups in total. The van der Waals surface area contributed by atoms with Crippen molar-refractivity contribution in [2.45, 2.75) is 31.5 Å². The molecule has 0 spiro atoms. The summed E-state index contributed by atoms with van der Waals surface area (Å²) in [5.41, 5.74) is 4.65. The molecule has 4 rings (SSSR count). The predicted octanol–water partition coefficient (Wildman–Crippen LogP) is 1.53. The summed E-state index contributed by atoms with van der Waals surface area (Å²) in [6.07, 6.45) is 0.713. The van der Waals surface area contributed by atoms with Crippen molar-refractivity contribution in [3.05, 3.63) is 59.2 Å². The SMILES string of the molecule is N#CC(Cc1ccc(-c2ccc3c(c2)C(=O)NC3)cc1)NC(=O)C1CNCCCO1. The first-order valence-electron chi connectivity index (χ1n) is 10.2. The topological polar surface area (TPSA) is 103 Å². The van der Waals surface area contributed by atoms with Gasteiger partial charge in [0.2, 0.25) is 0 Å². The molecule has 2 unspecified atom stereocenters. The lowest BCUT2D eigenvalue weighted by atomic mass is 9.98. The van der Waals surface area contributed by atoms with E-state index < -0.39 is 12.1 Å². The van der Waals surface area contributed by atoms with Gasteiger partial charge in [-0.3, -0.25) is 9.59 Å². The highest BCUT2D eigenvalue weighted by atomic mass is 16.5. The molecule has 2 aliphatic rings. The molecule has 2 heterocycles. The predicted molar refractivity (Wildman–Crippen MR) is 112 cm³/mol. The minimum absolute atomic E-state index is 0.0380. The summed E-state index contributed by atoms with van der Waals surface area (Å²) in [4.78, 5) is 24.3. The van der Waals surface area contributed by atoms with Crippen LogP contribution in [0.4, 0.5) is 0 Å². The fraction of sp³-hybridized carbons (Fsp3) is 0.348. The average Bonchev–Trinajstić information content (AvgIpc) is 2.96. The van der Waals surface area contributed by atoms with Gasteiger partial charge in [0.25, 0.3) is 11.8 Å². The Labute approximate surface area is 175 Å². The molecule has 0 radical (unpaired) electrons. The van der Waals surface area contributed by atoms with E-state index >= 15 is 0 Å². The summed E-state index contributed by atoms with van der Waals surface area (Å²) in [7, 11) is 0. The highest BCUT2D eigenvalue weighted by Gasteiger charge is 2.23. The zero-order valence-electron chi connectivity index (χ0n) is 16.6. The summed E-state index contributed by atoms with van der Waals surface area (Å²) in [5, 5.41) is 18.3. The smallest absolute Gasteiger partial charge is 0.251 e. The molecule has 154 valence electrons. The minimum Gasteiger partial charge on any atom is -0.367 e. The number of rotatable bonds is 5. The second kappa shape index (κ2) is 9.08. The van der Waals surface area contributed by atoms with Crippen molar-refractivity contribution in [2.24, 2.45) is 0 Å². The van der Waals surface area contributed by atoms with Crippen LogP contribution in [0.5, 0.6) is 0 Å². The number of nitriles is 1. The number of carbonyl (C=O) groups is 2. The van der Waals surface area contributed by atoms with Gasteiger partial charge in [-0.05, 0) is 41.3 Å². The standard InChI is InChI=1S/C23H24N4O3/c24-12-19(27-23(29)21-14-25-8-1-9-30-21)10-15-2-4-16(5-3-15)17-6-7-18-13-26-22(28)20(18)11-17/h2-7,11,19,21,25H,1,8-10,13-14H2,(H,26,28)(H,27,29). The highest BCUT2D eigenvalue weighted by Crippen LogP contribution is 2.25. The van der Waals surface area contributed by atoms with Gasteiger partial charge >= 0.3 is 0 Å². The van der Waals surface area contributed by atoms with Crippen molar-refractivity contribution in [1.82, 2.24) is 16.0 Å².